The average molecular weight is 284 g/mol. The Morgan fingerprint density at radius 2 is 1.76 bits per heavy atom. The Morgan fingerprint density at radius 1 is 1.05 bits per heavy atom. The number of carbonyl (C=O) groups is 1. The van der Waals surface area contributed by atoms with Gasteiger partial charge in [-0.25, -0.2) is 9.97 Å². The third kappa shape index (κ3) is 2.76. The first-order valence-corrected chi connectivity index (χ1v) is 6.74. The molecule has 0 saturated carbocycles. The maximum Gasteiger partial charge on any atom is 0.257 e. The second-order valence-electron chi connectivity index (χ2n) is 4.84. The van der Waals surface area contributed by atoms with E-state index in [2.05, 4.69) is 19.9 Å². The Hall–Kier alpha value is -2.70. The summed E-state index contributed by atoms with van der Waals surface area (Å²) in [6.07, 6.45) is 7.88. The van der Waals surface area contributed by atoms with Crippen LogP contribution in [0.5, 0.6) is 0 Å². The summed E-state index contributed by atoms with van der Waals surface area (Å²) in [4.78, 5) is 28.0. The highest BCUT2D eigenvalue weighted by Crippen LogP contribution is 2.22. The van der Waals surface area contributed by atoms with Crippen LogP contribution in [-0.4, -0.2) is 51.9 Å². The lowest BCUT2D eigenvalue weighted by Crippen LogP contribution is -2.49. The fraction of sp³-hybridized carbons (Fsp3) is 0.286. The monoisotopic (exact) mass is 284 g/mol. The molecule has 1 aliphatic heterocycles. The van der Waals surface area contributed by atoms with Crippen molar-refractivity contribution < 1.29 is 4.79 Å². The minimum atomic E-state index is -0.0297. The van der Waals surface area contributed by atoms with Crippen LogP contribution in [0.2, 0.25) is 0 Å². The lowest BCUT2D eigenvalue weighted by atomic mass is 10.2. The van der Waals surface area contributed by atoms with Gasteiger partial charge in [0.2, 0.25) is 0 Å². The van der Waals surface area contributed by atoms with Gasteiger partial charge >= 0.3 is 0 Å². The van der Waals surface area contributed by atoms with Gasteiger partial charge in [0.25, 0.3) is 5.91 Å². The zero-order chi connectivity index (χ0) is 14.7. The number of rotatable bonds is 2. The number of hydrogen-bond acceptors (Lipinski definition) is 6. The Morgan fingerprint density at radius 3 is 2.43 bits per heavy atom. The van der Waals surface area contributed by atoms with Gasteiger partial charge in [-0.15, -0.1) is 0 Å². The molecule has 0 radical (unpaired) electrons. The highest BCUT2D eigenvalue weighted by molar-refractivity contribution is 5.93. The summed E-state index contributed by atoms with van der Waals surface area (Å²) < 4.78 is 0. The van der Waals surface area contributed by atoms with E-state index in [0.717, 1.165) is 18.8 Å². The molecule has 0 unspecified atom stereocenters. The Labute approximate surface area is 122 Å². The van der Waals surface area contributed by atoms with E-state index in [9.17, 15) is 4.79 Å². The summed E-state index contributed by atoms with van der Waals surface area (Å²) in [5.41, 5.74) is 8.09. The van der Waals surface area contributed by atoms with Crippen molar-refractivity contribution in [3.8, 4) is 0 Å². The predicted octanol–water partition coefficient (Wildman–Crippen LogP) is 0.416. The molecule has 1 saturated heterocycles. The van der Waals surface area contributed by atoms with Crippen molar-refractivity contribution in [2.45, 2.75) is 0 Å². The van der Waals surface area contributed by atoms with Crippen LogP contribution >= 0.6 is 0 Å². The molecule has 0 spiro atoms. The number of nitrogens with two attached hydrogens (primary N) is 1. The van der Waals surface area contributed by atoms with E-state index in [1.54, 1.807) is 24.8 Å². The maximum absolute atomic E-state index is 12.3. The zero-order valence-corrected chi connectivity index (χ0v) is 11.5. The quantitative estimate of drug-likeness (QED) is 0.859. The van der Waals surface area contributed by atoms with Gasteiger partial charge in [0, 0.05) is 44.8 Å². The molecule has 2 aromatic heterocycles. The molecule has 1 fully saturated rings. The van der Waals surface area contributed by atoms with E-state index < -0.39 is 0 Å². The molecule has 0 aromatic carbocycles. The van der Waals surface area contributed by atoms with E-state index in [-0.39, 0.29) is 5.91 Å². The molecule has 3 rings (SSSR count). The van der Waals surface area contributed by atoms with Gasteiger partial charge in [-0.3, -0.25) is 9.78 Å². The van der Waals surface area contributed by atoms with Crippen molar-refractivity contribution in [3.05, 3.63) is 42.7 Å². The van der Waals surface area contributed by atoms with Crippen molar-refractivity contribution in [3.63, 3.8) is 0 Å². The van der Waals surface area contributed by atoms with Gasteiger partial charge in [0.05, 0.1) is 23.1 Å². The third-order valence-corrected chi connectivity index (χ3v) is 3.54. The van der Waals surface area contributed by atoms with Crippen LogP contribution in [0.25, 0.3) is 0 Å². The number of amides is 1. The molecule has 7 heteroatoms. The lowest BCUT2D eigenvalue weighted by molar-refractivity contribution is 0.0746. The third-order valence-electron chi connectivity index (χ3n) is 3.54. The summed E-state index contributed by atoms with van der Waals surface area (Å²) in [6, 6.07) is 1.90. The van der Waals surface area contributed by atoms with Crippen molar-refractivity contribution in [1.82, 2.24) is 19.9 Å². The molecule has 108 valence electrons. The number of nitrogens with zero attached hydrogens (tertiary/aromatic N) is 5. The van der Waals surface area contributed by atoms with Crippen LogP contribution in [0.1, 0.15) is 10.4 Å². The summed E-state index contributed by atoms with van der Waals surface area (Å²) in [7, 11) is 0. The molecular weight excluding hydrogens is 268 g/mol. The molecule has 7 nitrogen and oxygen atoms in total. The second-order valence-corrected chi connectivity index (χ2v) is 4.84. The Balaban J connectivity index is 1.66. The first-order valence-electron chi connectivity index (χ1n) is 6.74. The maximum atomic E-state index is 12.3. The summed E-state index contributed by atoms with van der Waals surface area (Å²) in [6.45, 7) is 2.78. The first kappa shape index (κ1) is 13.3. The minimum Gasteiger partial charge on any atom is -0.396 e. The smallest absolute Gasteiger partial charge is 0.257 e. The van der Waals surface area contributed by atoms with Crippen LogP contribution < -0.4 is 10.6 Å². The van der Waals surface area contributed by atoms with Gasteiger partial charge in [0.15, 0.2) is 0 Å². The fourth-order valence-corrected chi connectivity index (χ4v) is 2.43. The minimum absolute atomic E-state index is 0.0297. The number of carbonyl (C=O) groups excluding carboxylic acids is 1. The normalized spacial score (nSPS) is 15.0. The van der Waals surface area contributed by atoms with Crippen molar-refractivity contribution in [1.29, 1.82) is 0 Å². The molecule has 2 aromatic rings. The standard InChI is InChI=1S/C14H16N6O/c15-12-9-16-2-1-13(12)19-3-5-20(6-4-19)14(21)11-7-17-10-18-8-11/h1-2,7-10H,3-6,15H2. The molecule has 1 amide bonds. The molecule has 3 heterocycles. The highest BCUT2D eigenvalue weighted by Gasteiger charge is 2.23. The average Bonchev–Trinajstić information content (AvgIpc) is 2.56. The number of piperazine rings is 1. The number of hydrogen-bond donors (Lipinski definition) is 1. The van der Waals surface area contributed by atoms with Crippen LogP contribution in [0.3, 0.4) is 0 Å². The fourth-order valence-electron chi connectivity index (χ4n) is 2.43. The number of pyridine rings is 1. The van der Waals surface area contributed by atoms with Crippen LogP contribution in [-0.2, 0) is 0 Å². The number of anilines is 2. The molecular formula is C14H16N6O. The van der Waals surface area contributed by atoms with Gasteiger partial charge in [0.1, 0.15) is 6.33 Å². The largest absolute Gasteiger partial charge is 0.396 e. The Bertz CT molecular complexity index is 624. The van der Waals surface area contributed by atoms with E-state index in [1.807, 2.05) is 11.0 Å². The van der Waals surface area contributed by atoms with Crippen LogP contribution in [0.4, 0.5) is 11.4 Å². The van der Waals surface area contributed by atoms with Crippen molar-refractivity contribution >= 4 is 17.3 Å². The lowest BCUT2D eigenvalue weighted by Gasteiger charge is -2.36. The molecule has 2 N–H and O–H groups in total. The van der Waals surface area contributed by atoms with Gasteiger partial charge in [-0.1, -0.05) is 0 Å². The van der Waals surface area contributed by atoms with Crippen molar-refractivity contribution in [2.24, 2.45) is 0 Å². The van der Waals surface area contributed by atoms with E-state index in [1.165, 1.54) is 6.33 Å². The molecule has 0 atom stereocenters. The summed E-state index contributed by atoms with van der Waals surface area (Å²) in [5, 5.41) is 0. The topological polar surface area (TPSA) is 88.2 Å². The second kappa shape index (κ2) is 5.74. The number of nitrogen functional groups attached to an aromatic ring is 1. The SMILES string of the molecule is Nc1cnccc1N1CCN(C(=O)c2cncnc2)CC1. The van der Waals surface area contributed by atoms with Crippen LogP contribution in [0.15, 0.2) is 37.2 Å². The van der Waals surface area contributed by atoms with Crippen LogP contribution in [0, 0.1) is 0 Å². The predicted molar refractivity (Wildman–Crippen MR) is 78.8 cm³/mol. The van der Waals surface area contributed by atoms with Gasteiger partial charge in [-0.2, -0.15) is 0 Å². The molecule has 1 aliphatic rings. The van der Waals surface area contributed by atoms with Crippen molar-refractivity contribution in [2.75, 3.05) is 36.8 Å². The highest BCUT2D eigenvalue weighted by atomic mass is 16.2. The summed E-state index contributed by atoms with van der Waals surface area (Å²) in [5.74, 6) is -0.0297. The van der Waals surface area contributed by atoms with E-state index in [0.29, 0.717) is 24.3 Å². The summed E-state index contributed by atoms with van der Waals surface area (Å²) >= 11 is 0. The van der Waals surface area contributed by atoms with E-state index >= 15 is 0 Å². The van der Waals surface area contributed by atoms with Gasteiger partial charge in [-0.05, 0) is 6.07 Å². The number of aromatic nitrogens is 3. The zero-order valence-electron chi connectivity index (χ0n) is 11.5. The molecule has 21 heavy (non-hydrogen) atoms. The van der Waals surface area contributed by atoms with Gasteiger partial charge < -0.3 is 15.5 Å². The van der Waals surface area contributed by atoms with E-state index in [4.69, 9.17) is 5.73 Å². The molecule has 0 bridgehead atoms. The first-order chi connectivity index (χ1) is 10.3. The Kier molecular flexibility index (Phi) is 3.63. The molecule has 0 aliphatic carbocycles.